The van der Waals surface area contributed by atoms with E-state index in [0.29, 0.717) is 17.4 Å². The van der Waals surface area contributed by atoms with Crippen molar-refractivity contribution in [3.05, 3.63) is 72.4 Å². The minimum Gasteiger partial charge on any atom is -0.493 e. The van der Waals surface area contributed by atoms with E-state index in [4.69, 9.17) is 14.5 Å². The third kappa shape index (κ3) is 4.06. The first-order chi connectivity index (χ1) is 13.3. The molecule has 0 bridgehead atoms. The van der Waals surface area contributed by atoms with Gasteiger partial charge >= 0.3 is 0 Å². The Balaban J connectivity index is 1.53. The highest BCUT2D eigenvalue weighted by Gasteiger charge is 2.28. The third-order valence-corrected chi connectivity index (χ3v) is 4.71. The second-order valence-electron chi connectivity index (χ2n) is 6.48. The molecule has 2 aromatic heterocycles. The van der Waals surface area contributed by atoms with Crippen LogP contribution in [0.15, 0.2) is 61.1 Å². The number of methoxy groups -OCH3 is 1. The van der Waals surface area contributed by atoms with Crippen molar-refractivity contribution in [3.8, 4) is 17.4 Å². The average molecular weight is 362 g/mol. The summed E-state index contributed by atoms with van der Waals surface area (Å²) in [6.07, 6.45) is 7.49. The molecular weight excluding hydrogens is 340 g/mol. The van der Waals surface area contributed by atoms with Crippen LogP contribution in [0.5, 0.6) is 17.4 Å². The predicted octanol–water partition coefficient (Wildman–Crippen LogP) is 4.01. The number of likely N-dealkylation sites (tertiary alicyclic amines) is 1. The smallest absolute Gasteiger partial charge is 0.238 e. The molecule has 1 atom stereocenters. The van der Waals surface area contributed by atoms with Gasteiger partial charge in [-0.3, -0.25) is 14.9 Å². The summed E-state index contributed by atoms with van der Waals surface area (Å²) in [7, 11) is 1.62. The number of nitrogens with zero attached hydrogens (tertiary/aromatic N) is 4. The number of pyridine rings is 1. The highest BCUT2D eigenvalue weighted by molar-refractivity contribution is 5.41. The molecular formula is C21H22N4O2. The topological polar surface area (TPSA) is 60.4 Å². The van der Waals surface area contributed by atoms with E-state index in [-0.39, 0.29) is 6.04 Å². The molecule has 1 aromatic carbocycles. The lowest BCUT2D eigenvalue weighted by molar-refractivity contribution is 0.240. The summed E-state index contributed by atoms with van der Waals surface area (Å²) < 4.78 is 11.3. The second-order valence-corrected chi connectivity index (χ2v) is 6.48. The summed E-state index contributed by atoms with van der Waals surface area (Å²) in [5.41, 5.74) is 2.00. The lowest BCUT2D eigenvalue weighted by Crippen LogP contribution is -2.24. The van der Waals surface area contributed by atoms with Crippen LogP contribution < -0.4 is 9.47 Å². The third-order valence-electron chi connectivity index (χ3n) is 4.71. The van der Waals surface area contributed by atoms with Gasteiger partial charge in [0.15, 0.2) is 11.5 Å². The number of ether oxygens (including phenoxy) is 2. The number of hydrogen-bond acceptors (Lipinski definition) is 6. The van der Waals surface area contributed by atoms with E-state index < -0.39 is 0 Å². The van der Waals surface area contributed by atoms with E-state index >= 15 is 0 Å². The predicted molar refractivity (Wildman–Crippen MR) is 102 cm³/mol. The summed E-state index contributed by atoms with van der Waals surface area (Å²) in [4.78, 5) is 15.9. The van der Waals surface area contributed by atoms with E-state index in [1.165, 1.54) is 0 Å². The van der Waals surface area contributed by atoms with Crippen LogP contribution >= 0.6 is 0 Å². The molecule has 3 aromatic rings. The van der Waals surface area contributed by atoms with E-state index in [1.807, 2.05) is 48.8 Å². The number of benzene rings is 1. The summed E-state index contributed by atoms with van der Waals surface area (Å²) in [6.45, 7) is 1.84. The lowest BCUT2D eigenvalue weighted by atomic mass is 10.1. The van der Waals surface area contributed by atoms with Gasteiger partial charge in [0.25, 0.3) is 0 Å². The Morgan fingerprint density at radius 2 is 1.93 bits per heavy atom. The van der Waals surface area contributed by atoms with Crippen LogP contribution in [0.3, 0.4) is 0 Å². The Bertz CT molecular complexity index is 888. The molecule has 0 spiro atoms. The van der Waals surface area contributed by atoms with Crippen molar-refractivity contribution in [3.63, 3.8) is 0 Å². The molecule has 6 heteroatoms. The van der Waals surface area contributed by atoms with Crippen molar-refractivity contribution >= 4 is 0 Å². The van der Waals surface area contributed by atoms with E-state index in [1.54, 1.807) is 13.3 Å². The normalized spacial score (nSPS) is 17.0. The van der Waals surface area contributed by atoms with Gasteiger partial charge in [-0.2, -0.15) is 0 Å². The van der Waals surface area contributed by atoms with Crippen LogP contribution in [-0.4, -0.2) is 33.5 Å². The molecule has 1 aliphatic heterocycles. The molecule has 0 saturated carbocycles. The Morgan fingerprint density at radius 3 is 2.74 bits per heavy atom. The molecule has 0 amide bonds. The molecule has 0 unspecified atom stereocenters. The lowest BCUT2D eigenvalue weighted by Gasteiger charge is -2.23. The molecule has 0 radical (unpaired) electrons. The maximum absolute atomic E-state index is 5.92. The van der Waals surface area contributed by atoms with Crippen molar-refractivity contribution in [2.75, 3.05) is 13.7 Å². The number of hydrogen-bond donors (Lipinski definition) is 0. The first-order valence-electron chi connectivity index (χ1n) is 9.10. The van der Waals surface area contributed by atoms with Crippen LogP contribution in [0.4, 0.5) is 0 Å². The van der Waals surface area contributed by atoms with Crippen molar-refractivity contribution in [1.29, 1.82) is 0 Å². The summed E-state index contributed by atoms with van der Waals surface area (Å²) in [5, 5.41) is 0. The van der Waals surface area contributed by atoms with Crippen LogP contribution in [0.1, 0.15) is 30.3 Å². The minimum atomic E-state index is 0.223. The first-order valence-corrected chi connectivity index (χ1v) is 9.10. The van der Waals surface area contributed by atoms with Gasteiger partial charge in [0.05, 0.1) is 36.9 Å². The average Bonchev–Trinajstić information content (AvgIpc) is 3.17. The molecule has 138 valence electrons. The zero-order valence-corrected chi connectivity index (χ0v) is 15.3. The van der Waals surface area contributed by atoms with Crippen LogP contribution in [-0.2, 0) is 6.54 Å². The Morgan fingerprint density at radius 1 is 1.07 bits per heavy atom. The molecule has 1 fully saturated rings. The van der Waals surface area contributed by atoms with Gasteiger partial charge in [-0.05, 0) is 43.7 Å². The standard InChI is InChI=1S/C21H22N4O2/c1-26-19-9-2-3-10-20(19)27-21-14-22-13-17(24-21)18-8-6-12-25(18)15-16-7-4-5-11-23-16/h2-5,7,9-11,13-14,18H,6,8,12,15H2,1H3/t18-/m0/s1. The fourth-order valence-electron chi connectivity index (χ4n) is 3.44. The van der Waals surface area contributed by atoms with Crippen LogP contribution in [0.2, 0.25) is 0 Å². The fraction of sp³-hybridized carbons (Fsp3) is 0.286. The maximum atomic E-state index is 5.92. The van der Waals surface area contributed by atoms with Crippen molar-refractivity contribution in [2.45, 2.75) is 25.4 Å². The molecule has 3 heterocycles. The van der Waals surface area contributed by atoms with Gasteiger partial charge in [-0.25, -0.2) is 4.98 Å². The number of para-hydroxylation sites is 2. The van der Waals surface area contributed by atoms with Crippen LogP contribution in [0.25, 0.3) is 0 Å². The van der Waals surface area contributed by atoms with Crippen LogP contribution in [0, 0.1) is 0 Å². The van der Waals surface area contributed by atoms with E-state index in [9.17, 15) is 0 Å². The van der Waals surface area contributed by atoms with Crippen molar-refractivity contribution in [2.24, 2.45) is 0 Å². The SMILES string of the molecule is COc1ccccc1Oc1cncc([C@@H]2CCCN2Cc2ccccn2)n1. The summed E-state index contributed by atoms with van der Waals surface area (Å²) in [6, 6.07) is 13.8. The molecule has 0 aliphatic carbocycles. The highest BCUT2D eigenvalue weighted by atomic mass is 16.5. The molecule has 4 rings (SSSR count). The highest BCUT2D eigenvalue weighted by Crippen LogP contribution is 2.34. The second kappa shape index (κ2) is 8.14. The van der Waals surface area contributed by atoms with Crippen molar-refractivity contribution in [1.82, 2.24) is 19.9 Å². The largest absolute Gasteiger partial charge is 0.493 e. The quantitative estimate of drug-likeness (QED) is 0.660. The summed E-state index contributed by atoms with van der Waals surface area (Å²) in [5.74, 6) is 1.77. The van der Waals surface area contributed by atoms with Gasteiger partial charge in [-0.1, -0.05) is 18.2 Å². The first kappa shape index (κ1) is 17.4. The molecule has 1 aliphatic rings. The molecule has 6 nitrogen and oxygen atoms in total. The van der Waals surface area contributed by atoms with Gasteiger partial charge in [0, 0.05) is 12.7 Å². The van der Waals surface area contributed by atoms with Crippen molar-refractivity contribution < 1.29 is 9.47 Å². The zero-order valence-electron chi connectivity index (χ0n) is 15.3. The fourth-order valence-corrected chi connectivity index (χ4v) is 3.44. The Hall–Kier alpha value is -2.99. The minimum absolute atomic E-state index is 0.223. The molecule has 27 heavy (non-hydrogen) atoms. The van der Waals surface area contributed by atoms with E-state index in [2.05, 4.69) is 20.9 Å². The van der Waals surface area contributed by atoms with E-state index in [0.717, 1.165) is 37.3 Å². The van der Waals surface area contributed by atoms with Gasteiger partial charge < -0.3 is 9.47 Å². The zero-order chi connectivity index (χ0) is 18.5. The van der Waals surface area contributed by atoms with Gasteiger partial charge in [-0.15, -0.1) is 0 Å². The maximum Gasteiger partial charge on any atom is 0.238 e. The van der Waals surface area contributed by atoms with Gasteiger partial charge in [0.1, 0.15) is 0 Å². The monoisotopic (exact) mass is 362 g/mol. The summed E-state index contributed by atoms with van der Waals surface area (Å²) >= 11 is 0. The Labute approximate surface area is 158 Å². The number of aromatic nitrogens is 3. The Kier molecular flexibility index (Phi) is 5.25. The molecule has 0 N–H and O–H groups in total. The van der Waals surface area contributed by atoms with Gasteiger partial charge in [0.2, 0.25) is 5.88 Å². The number of rotatable bonds is 6. The molecule has 1 saturated heterocycles.